The Kier molecular flexibility index (Phi) is 5.94. The summed E-state index contributed by atoms with van der Waals surface area (Å²) in [5, 5.41) is -0.669. The van der Waals surface area contributed by atoms with Crippen molar-refractivity contribution in [2.75, 3.05) is 0 Å². The summed E-state index contributed by atoms with van der Waals surface area (Å²) in [4.78, 5) is 33.5. The van der Waals surface area contributed by atoms with Crippen molar-refractivity contribution in [2.45, 2.75) is 57.1 Å². The molecule has 0 N–H and O–H groups in total. The summed E-state index contributed by atoms with van der Waals surface area (Å²) in [5.41, 5.74) is 0. The van der Waals surface area contributed by atoms with Gasteiger partial charge in [-0.1, -0.05) is 15.9 Å². The topological polar surface area (TPSA) is 88.1 Å². The normalized spacial score (nSPS) is 33.1. The van der Waals surface area contributed by atoms with Crippen molar-refractivity contribution in [2.24, 2.45) is 0 Å². The van der Waals surface area contributed by atoms with Gasteiger partial charge >= 0.3 is 17.9 Å². The minimum Gasteiger partial charge on any atom is -0.456 e. The molecule has 1 aliphatic heterocycles. The zero-order chi connectivity index (χ0) is 15.4. The average Bonchev–Trinajstić information content (AvgIpc) is 2.27. The van der Waals surface area contributed by atoms with Crippen LogP contribution in [0.1, 0.15) is 27.7 Å². The lowest BCUT2D eigenvalue weighted by Crippen LogP contribution is -2.59. The van der Waals surface area contributed by atoms with Crippen molar-refractivity contribution < 1.29 is 33.3 Å². The minimum absolute atomic E-state index is 0.528. The molecule has 0 aromatic rings. The number of halogens is 1. The van der Waals surface area contributed by atoms with E-state index in [-0.39, 0.29) is 0 Å². The first kappa shape index (κ1) is 16.9. The van der Waals surface area contributed by atoms with E-state index in [1.54, 1.807) is 6.92 Å². The Balaban J connectivity index is 3.01. The minimum atomic E-state index is -0.937. The van der Waals surface area contributed by atoms with E-state index < -0.39 is 47.3 Å². The Hall–Kier alpha value is -1.15. The highest BCUT2D eigenvalue weighted by Gasteiger charge is 2.49. The molecule has 1 heterocycles. The van der Waals surface area contributed by atoms with Gasteiger partial charge in [-0.2, -0.15) is 0 Å². The quantitative estimate of drug-likeness (QED) is 0.424. The predicted octanol–water partition coefficient (Wildman–Crippen LogP) is 0.921. The zero-order valence-electron chi connectivity index (χ0n) is 11.6. The van der Waals surface area contributed by atoms with Crippen LogP contribution in [0, 0.1) is 0 Å². The van der Waals surface area contributed by atoms with Crippen molar-refractivity contribution in [3.8, 4) is 0 Å². The molecule has 0 aliphatic carbocycles. The summed E-state index contributed by atoms with van der Waals surface area (Å²) in [6.07, 6.45) is -3.22. The SMILES string of the molecule is CC(=O)OC1C(OC(C)=O)[C@H](Br)OC(C)[C@@H]1OC(C)=O. The lowest BCUT2D eigenvalue weighted by molar-refractivity contribution is -0.227. The molecule has 7 nitrogen and oxygen atoms in total. The average molecular weight is 353 g/mol. The van der Waals surface area contributed by atoms with Gasteiger partial charge in [-0.05, 0) is 6.92 Å². The Morgan fingerprint density at radius 1 is 0.850 bits per heavy atom. The molecule has 114 valence electrons. The van der Waals surface area contributed by atoms with Gasteiger partial charge < -0.3 is 18.9 Å². The van der Waals surface area contributed by atoms with Crippen LogP contribution >= 0.6 is 15.9 Å². The fourth-order valence-electron chi connectivity index (χ4n) is 1.96. The van der Waals surface area contributed by atoms with Crippen molar-refractivity contribution in [3.63, 3.8) is 0 Å². The van der Waals surface area contributed by atoms with Crippen molar-refractivity contribution in [1.29, 1.82) is 0 Å². The smallest absolute Gasteiger partial charge is 0.303 e. The molecule has 1 rings (SSSR count). The van der Waals surface area contributed by atoms with Crippen LogP contribution in [-0.2, 0) is 33.3 Å². The van der Waals surface area contributed by atoms with Crippen molar-refractivity contribution >= 4 is 33.8 Å². The van der Waals surface area contributed by atoms with E-state index in [9.17, 15) is 14.4 Å². The second kappa shape index (κ2) is 7.03. The van der Waals surface area contributed by atoms with Crippen LogP contribution in [0.3, 0.4) is 0 Å². The molecule has 0 radical (unpaired) electrons. The highest BCUT2D eigenvalue weighted by atomic mass is 79.9. The first-order chi connectivity index (χ1) is 9.22. The second-order valence-electron chi connectivity index (χ2n) is 4.41. The summed E-state index contributed by atoms with van der Waals surface area (Å²) >= 11 is 3.22. The Bertz CT molecular complexity index is 369. The second-order valence-corrected chi connectivity index (χ2v) is 5.32. The largest absolute Gasteiger partial charge is 0.456 e. The highest BCUT2D eigenvalue weighted by molar-refractivity contribution is 9.09. The molecular weight excluding hydrogens is 336 g/mol. The molecule has 5 atom stereocenters. The number of alkyl halides is 1. The van der Waals surface area contributed by atoms with Crippen LogP contribution in [-0.4, -0.2) is 47.3 Å². The number of ether oxygens (including phenoxy) is 4. The highest BCUT2D eigenvalue weighted by Crippen LogP contribution is 2.31. The Morgan fingerprint density at radius 2 is 1.25 bits per heavy atom. The van der Waals surface area contributed by atoms with E-state index in [0.29, 0.717) is 0 Å². The molecule has 0 saturated carbocycles. The van der Waals surface area contributed by atoms with Gasteiger partial charge in [0.05, 0.1) is 6.10 Å². The predicted molar refractivity (Wildman–Crippen MR) is 69.9 cm³/mol. The van der Waals surface area contributed by atoms with Gasteiger partial charge in [0, 0.05) is 20.8 Å². The molecule has 1 saturated heterocycles. The van der Waals surface area contributed by atoms with Crippen LogP contribution in [0.5, 0.6) is 0 Å². The van der Waals surface area contributed by atoms with Crippen LogP contribution in [0.2, 0.25) is 0 Å². The van der Waals surface area contributed by atoms with E-state index in [1.165, 1.54) is 20.8 Å². The van der Waals surface area contributed by atoms with Gasteiger partial charge in [-0.25, -0.2) is 0 Å². The fraction of sp³-hybridized carbons (Fsp3) is 0.750. The summed E-state index contributed by atoms with van der Waals surface area (Å²) in [6, 6.07) is 0. The molecule has 20 heavy (non-hydrogen) atoms. The monoisotopic (exact) mass is 352 g/mol. The third-order valence-electron chi connectivity index (χ3n) is 2.62. The molecule has 0 bridgehead atoms. The first-order valence-corrected chi connectivity index (χ1v) is 6.95. The summed E-state index contributed by atoms with van der Waals surface area (Å²) < 4.78 is 20.9. The van der Waals surface area contributed by atoms with E-state index in [0.717, 1.165) is 0 Å². The molecule has 0 aromatic heterocycles. The third kappa shape index (κ3) is 4.45. The van der Waals surface area contributed by atoms with E-state index >= 15 is 0 Å². The van der Waals surface area contributed by atoms with E-state index in [1.807, 2.05) is 0 Å². The maximum absolute atomic E-state index is 11.2. The molecule has 0 amide bonds. The fourth-order valence-corrected chi connectivity index (χ4v) is 2.70. The summed E-state index contributed by atoms with van der Waals surface area (Å²) in [7, 11) is 0. The van der Waals surface area contributed by atoms with Crippen LogP contribution in [0.4, 0.5) is 0 Å². The molecule has 1 fully saturated rings. The molecule has 0 spiro atoms. The number of esters is 3. The lowest BCUT2D eigenvalue weighted by atomic mass is 10.00. The number of rotatable bonds is 3. The van der Waals surface area contributed by atoms with E-state index in [4.69, 9.17) is 18.9 Å². The number of hydrogen-bond donors (Lipinski definition) is 0. The van der Waals surface area contributed by atoms with Crippen molar-refractivity contribution in [3.05, 3.63) is 0 Å². The maximum Gasteiger partial charge on any atom is 0.303 e. The molecule has 8 heteroatoms. The van der Waals surface area contributed by atoms with Crippen LogP contribution in [0.15, 0.2) is 0 Å². The van der Waals surface area contributed by atoms with Gasteiger partial charge in [-0.15, -0.1) is 0 Å². The van der Waals surface area contributed by atoms with Gasteiger partial charge in [-0.3, -0.25) is 14.4 Å². The number of hydrogen-bond acceptors (Lipinski definition) is 7. The van der Waals surface area contributed by atoms with Crippen LogP contribution < -0.4 is 0 Å². The Labute approximate surface area is 125 Å². The third-order valence-corrected chi connectivity index (χ3v) is 3.36. The molecule has 3 unspecified atom stereocenters. The van der Waals surface area contributed by atoms with Crippen LogP contribution in [0.25, 0.3) is 0 Å². The number of carbonyl (C=O) groups excluding carboxylic acids is 3. The molecular formula is C12H17BrO7. The zero-order valence-corrected chi connectivity index (χ0v) is 13.2. The Morgan fingerprint density at radius 3 is 1.70 bits per heavy atom. The van der Waals surface area contributed by atoms with Gasteiger partial charge in [0.25, 0.3) is 0 Å². The van der Waals surface area contributed by atoms with E-state index in [2.05, 4.69) is 15.9 Å². The van der Waals surface area contributed by atoms with Gasteiger partial charge in [0.15, 0.2) is 23.3 Å². The summed E-state index contributed by atoms with van der Waals surface area (Å²) in [6.45, 7) is 5.35. The first-order valence-electron chi connectivity index (χ1n) is 6.03. The van der Waals surface area contributed by atoms with Crippen molar-refractivity contribution in [1.82, 2.24) is 0 Å². The summed E-state index contributed by atoms with van der Waals surface area (Å²) in [5.74, 6) is -1.67. The standard InChI is InChI=1S/C12H17BrO7/c1-5-9(18-6(2)14)10(19-7(3)15)11(12(13)17-5)20-8(4)16/h5,9-12H,1-4H3/t5?,9-,10?,11?,12+/m0/s1. The van der Waals surface area contributed by atoms with Gasteiger partial charge in [0.2, 0.25) is 0 Å². The maximum atomic E-state index is 11.2. The molecule has 1 aliphatic rings. The van der Waals surface area contributed by atoms with Gasteiger partial charge in [0.1, 0.15) is 0 Å². The molecule has 0 aromatic carbocycles. The number of carbonyl (C=O) groups is 3. The lowest BCUT2D eigenvalue weighted by Gasteiger charge is -2.41.